The SMILES string of the molecule is C=C(OCCCCCCOC(=O)C(CCCCCC)CCCCCCCC)C1CC(OCCCN(C)C)CN1CCCCCCOC(C)=O.CC.CCC. The van der Waals surface area contributed by atoms with Crippen molar-refractivity contribution >= 4 is 11.9 Å². The predicted molar refractivity (Wildman–Crippen MR) is 230 cm³/mol. The van der Waals surface area contributed by atoms with Gasteiger partial charge in [-0.05, 0) is 91.4 Å². The smallest absolute Gasteiger partial charge is 0.308 e. The highest BCUT2D eigenvalue weighted by Gasteiger charge is 2.34. The first-order valence-corrected chi connectivity index (χ1v) is 22.8. The molecule has 0 aromatic carbocycles. The monoisotopic (exact) mass is 769 g/mol. The Labute approximate surface area is 336 Å². The Morgan fingerprint density at radius 2 is 1.15 bits per heavy atom. The summed E-state index contributed by atoms with van der Waals surface area (Å²) < 4.78 is 23.3. The van der Waals surface area contributed by atoms with E-state index in [2.05, 4.69) is 58.2 Å². The van der Waals surface area contributed by atoms with Crippen molar-refractivity contribution in [2.24, 2.45) is 5.92 Å². The minimum absolute atomic E-state index is 0.0350. The second-order valence-corrected chi connectivity index (χ2v) is 15.4. The Morgan fingerprint density at radius 1 is 0.667 bits per heavy atom. The molecule has 8 nitrogen and oxygen atoms in total. The number of rotatable bonds is 34. The molecule has 54 heavy (non-hydrogen) atoms. The third-order valence-corrected chi connectivity index (χ3v) is 9.70. The van der Waals surface area contributed by atoms with Gasteiger partial charge in [-0.2, -0.15) is 0 Å². The number of hydrogen-bond acceptors (Lipinski definition) is 8. The van der Waals surface area contributed by atoms with E-state index in [9.17, 15) is 9.59 Å². The zero-order valence-electron chi connectivity index (χ0n) is 37.5. The summed E-state index contributed by atoms with van der Waals surface area (Å²) in [6.45, 7) is 24.0. The molecule has 8 heteroatoms. The standard InChI is InChI=1S/C41H78N2O6.C3H8.C2H6/c1-7-9-11-13-14-20-27-38(26-19-12-10-8-2)41(45)49-32-24-18-17-22-30-46-36(3)40-34-39(48-33-25-28-42(5)6)35-43(40)29-21-15-16-23-31-47-37(4)44;1-3-2;1-2/h38-40H,3,7-35H2,1-2,4-6H3;3H2,1-2H3;1-2H3. The highest BCUT2D eigenvalue weighted by Crippen LogP contribution is 2.27. The van der Waals surface area contributed by atoms with Crippen molar-refractivity contribution in [1.29, 1.82) is 0 Å². The fourth-order valence-corrected chi connectivity index (χ4v) is 6.70. The number of likely N-dealkylation sites (tertiary alicyclic amines) is 1. The topological polar surface area (TPSA) is 77.5 Å². The van der Waals surface area contributed by atoms with Crippen LogP contribution in [0.15, 0.2) is 12.3 Å². The minimum atomic E-state index is -0.202. The van der Waals surface area contributed by atoms with E-state index in [1.807, 2.05) is 13.8 Å². The molecule has 0 amide bonds. The molecular weight excluding hydrogens is 677 g/mol. The summed E-state index contributed by atoms with van der Waals surface area (Å²) >= 11 is 0. The number of ether oxygens (including phenoxy) is 4. The van der Waals surface area contributed by atoms with Gasteiger partial charge in [-0.15, -0.1) is 0 Å². The lowest BCUT2D eigenvalue weighted by molar-refractivity contribution is -0.149. The van der Waals surface area contributed by atoms with Gasteiger partial charge < -0.3 is 23.8 Å². The van der Waals surface area contributed by atoms with Gasteiger partial charge in [0.05, 0.1) is 37.9 Å². The van der Waals surface area contributed by atoms with Gasteiger partial charge in [-0.1, -0.05) is 132 Å². The Kier molecular flexibility index (Phi) is 41.4. The van der Waals surface area contributed by atoms with Crippen LogP contribution in [0.4, 0.5) is 0 Å². The molecule has 0 N–H and O–H groups in total. The van der Waals surface area contributed by atoms with E-state index in [1.54, 1.807) is 0 Å². The summed E-state index contributed by atoms with van der Waals surface area (Å²) in [6, 6.07) is 0.186. The van der Waals surface area contributed by atoms with Crippen molar-refractivity contribution in [2.75, 3.05) is 60.2 Å². The van der Waals surface area contributed by atoms with Gasteiger partial charge in [-0.3, -0.25) is 14.5 Å². The molecule has 0 bridgehead atoms. The number of nitrogens with zero attached hydrogens (tertiary/aromatic N) is 2. The number of unbranched alkanes of at least 4 members (excludes halogenated alkanes) is 14. The van der Waals surface area contributed by atoms with E-state index in [4.69, 9.17) is 18.9 Å². The molecule has 3 atom stereocenters. The van der Waals surface area contributed by atoms with Crippen molar-refractivity contribution < 1.29 is 28.5 Å². The van der Waals surface area contributed by atoms with Crippen LogP contribution in [-0.2, 0) is 28.5 Å². The molecular formula is C46H92N2O6. The predicted octanol–water partition coefficient (Wildman–Crippen LogP) is 11.9. The number of esters is 2. The highest BCUT2D eigenvalue weighted by molar-refractivity contribution is 5.72. The molecule has 0 aliphatic carbocycles. The molecule has 0 radical (unpaired) electrons. The zero-order valence-corrected chi connectivity index (χ0v) is 37.5. The number of carbonyl (C=O) groups excluding carboxylic acids is 2. The third-order valence-electron chi connectivity index (χ3n) is 9.70. The largest absolute Gasteiger partial charge is 0.497 e. The van der Waals surface area contributed by atoms with E-state index in [0.717, 1.165) is 122 Å². The van der Waals surface area contributed by atoms with Gasteiger partial charge in [0.25, 0.3) is 0 Å². The van der Waals surface area contributed by atoms with Gasteiger partial charge in [0.2, 0.25) is 0 Å². The van der Waals surface area contributed by atoms with Crippen molar-refractivity contribution in [3.05, 3.63) is 12.3 Å². The number of hydrogen-bond donors (Lipinski definition) is 0. The van der Waals surface area contributed by atoms with Crippen LogP contribution in [0, 0.1) is 5.92 Å². The summed E-state index contributed by atoms with van der Waals surface area (Å²) in [7, 11) is 4.19. The molecule has 1 heterocycles. The molecule has 1 fully saturated rings. The Balaban J connectivity index is 0. The van der Waals surface area contributed by atoms with Gasteiger partial charge in [0.1, 0.15) is 5.76 Å². The van der Waals surface area contributed by atoms with E-state index < -0.39 is 0 Å². The van der Waals surface area contributed by atoms with Gasteiger partial charge >= 0.3 is 11.9 Å². The summed E-state index contributed by atoms with van der Waals surface area (Å²) in [5, 5.41) is 0. The molecule has 0 saturated carbocycles. The molecule has 1 aliphatic rings. The Bertz CT molecular complexity index is 838. The normalized spacial score (nSPS) is 15.9. The fraction of sp³-hybridized carbons (Fsp3) is 0.913. The lowest BCUT2D eigenvalue weighted by Crippen LogP contribution is -2.33. The van der Waals surface area contributed by atoms with Crippen LogP contribution in [0.3, 0.4) is 0 Å². The van der Waals surface area contributed by atoms with Crippen LogP contribution in [0.5, 0.6) is 0 Å². The average Bonchev–Trinajstić information content (AvgIpc) is 3.56. The molecule has 0 aromatic heterocycles. The second kappa shape index (κ2) is 41.0. The molecule has 0 aromatic rings. The third kappa shape index (κ3) is 33.7. The molecule has 1 aliphatic heterocycles. The van der Waals surface area contributed by atoms with Crippen LogP contribution in [0.25, 0.3) is 0 Å². The van der Waals surface area contributed by atoms with Crippen LogP contribution >= 0.6 is 0 Å². The van der Waals surface area contributed by atoms with Gasteiger partial charge in [0, 0.05) is 20.1 Å². The lowest BCUT2D eigenvalue weighted by Gasteiger charge is -2.25. The second-order valence-electron chi connectivity index (χ2n) is 15.4. The fourth-order valence-electron chi connectivity index (χ4n) is 6.70. The van der Waals surface area contributed by atoms with Crippen molar-refractivity contribution in [2.45, 2.75) is 208 Å². The van der Waals surface area contributed by atoms with Gasteiger partial charge in [-0.25, -0.2) is 0 Å². The van der Waals surface area contributed by atoms with Crippen LogP contribution in [0.2, 0.25) is 0 Å². The maximum atomic E-state index is 12.9. The summed E-state index contributed by atoms with van der Waals surface area (Å²) in [5.74, 6) is 0.769. The summed E-state index contributed by atoms with van der Waals surface area (Å²) in [4.78, 5) is 28.6. The van der Waals surface area contributed by atoms with E-state index >= 15 is 0 Å². The minimum Gasteiger partial charge on any atom is -0.497 e. The zero-order chi connectivity index (χ0) is 40.7. The first-order chi connectivity index (χ1) is 26.2. The van der Waals surface area contributed by atoms with Crippen molar-refractivity contribution in [3.63, 3.8) is 0 Å². The van der Waals surface area contributed by atoms with E-state index in [-0.39, 0.29) is 30.0 Å². The molecule has 1 saturated heterocycles. The molecule has 1 rings (SSSR count). The van der Waals surface area contributed by atoms with Crippen LogP contribution in [-0.4, -0.2) is 94.0 Å². The Hall–Kier alpha value is -1.64. The van der Waals surface area contributed by atoms with Crippen LogP contribution in [0.1, 0.15) is 196 Å². The van der Waals surface area contributed by atoms with Gasteiger partial charge in [0.15, 0.2) is 0 Å². The maximum absolute atomic E-state index is 12.9. The first kappa shape index (κ1) is 54.5. The number of carbonyl (C=O) groups is 2. The quantitative estimate of drug-likeness (QED) is 0.0364. The van der Waals surface area contributed by atoms with E-state index in [1.165, 1.54) is 64.7 Å². The maximum Gasteiger partial charge on any atom is 0.308 e. The molecule has 0 spiro atoms. The lowest BCUT2D eigenvalue weighted by atomic mass is 9.94. The highest BCUT2D eigenvalue weighted by atomic mass is 16.5. The Morgan fingerprint density at radius 3 is 1.70 bits per heavy atom. The average molecular weight is 769 g/mol. The van der Waals surface area contributed by atoms with E-state index in [0.29, 0.717) is 19.8 Å². The van der Waals surface area contributed by atoms with Crippen LogP contribution < -0.4 is 0 Å². The molecule has 3 unspecified atom stereocenters. The molecule has 322 valence electrons. The summed E-state index contributed by atoms with van der Waals surface area (Å²) in [5.41, 5.74) is 0. The summed E-state index contributed by atoms with van der Waals surface area (Å²) in [6.07, 6.45) is 26.0. The van der Waals surface area contributed by atoms with Crippen molar-refractivity contribution in [3.8, 4) is 0 Å². The van der Waals surface area contributed by atoms with Crippen molar-refractivity contribution in [1.82, 2.24) is 9.80 Å². The first-order valence-electron chi connectivity index (χ1n) is 22.8.